The van der Waals surface area contributed by atoms with E-state index in [9.17, 15) is 0 Å². The van der Waals surface area contributed by atoms with Gasteiger partial charge in [0.2, 0.25) is 0 Å². The fourth-order valence-electron chi connectivity index (χ4n) is 2.13. The Hall–Kier alpha value is -0.620. The van der Waals surface area contributed by atoms with Crippen LogP contribution in [0.3, 0.4) is 0 Å². The summed E-state index contributed by atoms with van der Waals surface area (Å²) in [6.45, 7) is 4.01. The fraction of sp³-hybridized carbons (Fsp3) is 0.600. The van der Waals surface area contributed by atoms with Crippen LogP contribution in [-0.4, -0.2) is 39.6 Å². The molecule has 1 aliphatic rings. The van der Waals surface area contributed by atoms with E-state index < -0.39 is 0 Å². The van der Waals surface area contributed by atoms with Crippen molar-refractivity contribution in [3.8, 4) is 5.75 Å². The van der Waals surface area contributed by atoms with Gasteiger partial charge in [0.05, 0.1) is 24.3 Å². The molecule has 2 rings (SSSR count). The maximum absolute atomic E-state index is 6.02. The summed E-state index contributed by atoms with van der Waals surface area (Å²) in [6, 6.07) is 6.24. The maximum Gasteiger partial charge on any atom is 0.133 e. The van der Waals surface area contributed by atoms with Crippen LogP contribution in [0.1, 0.15) is 18.4 Å². The van der Waals surface area contributed by atoms with Crippen molar-refractivity contribution in [3.63, 3.8) is 0 Å². The van der Waals surface area contributed by atoms with Gasteiger partial charge in [-0.2, -0.15) is 0 Å². The second-order valence-electron chi connectivity index (χ2n) is 4.86. The smallest absolute Gasteiger partial charge is 0.133 e. The Morgan fingerprint density at radius 3 is 2.85 bits per heavy atom. The lowest BCUT2D eigenvalue weighted by Crippen LogP contribution is -2.26. The molecule has 0 amide bonds. The van der Waals surface area contributed by atoms with Crippen LogP contribution in [0.2, 0.25) is 0 Å². The van der Waals surface area contributed by atoms with Crippen molar-refractivity contribution < 1.29 is 14.2 Å². The molecule has 0 unspecified atom stereocenters. The first kappa shape index (κ1) is 15.8. The van der Waals surface area contributed by atoms with Crippen molar-refractivity contribution in [1.82, 2.24) is 5.32 Å². The summed E-state index contributed by atoms with van der Waals surface area (Å²) in [5.41, 5.74) is 1.23. The molecule has 0 bridgehead atoms. The number of halogens is 1. The van der Waals surface area contributed by atoms with E-state index in [-0.39, 0.29) is 6.10 Å². The molecule has 20 heavy (non-hydrogen) atoms. The van der Waals surface area contributed by atoms with Crippen molar-refractivity contribution >= 4 is 15.9 Å². The minimum Gasteiger partial charge on any atom is -0.489 e. The molecule has 1 fully saturated rings. The average molecular weight is 344 g/mol. The summed E-state index contributed by atoms with van der Waals surface area (Å²) in [4.78, 5) is 0. The van der Waals surface area contributed by atoms with Crippen molar-refractivity contribution in [1.29, 1.82) is 0 Å². The number of methoxy groups -OCH3 is 1. The monoisotopic (exact) mass is 343 g/mol. The Labute approximate surface area is 128 Å². The third kappa shape index (κ3) is 5.05. The molecule has 1 N–H and O–H groups in total. The van der Waals surface area contributed by atoms with Gasteiger partial charge in [-0.15, -0.1) is 0 Å². The zero-order chi connectivity index (χ0) is 14.2. The maximum atomic E-state index is 6.02. The number of benzene rings is 1. The van der Waals surface area contributed by atoms with E-state index in [0.717, 1.165) is 56.0 Å². The first-order chi connectivity index (χ1) is 9.79. The highest BCUT2D eigenvalue weighted by molar-refractivity contribution is 9.10. The summed E-state index contributed by atoms with van der Waals surface area (Å²) in [6.07, 6.45) is 2.20. The molecule has 112 valence electrons. The Kier molecular flexibility index (Phi) is 6.79. The predicted molar refractivity (Wildman–Crippen MR) is 82.2 cm³/mol. The van der Waals surface area contributed by atoms with Gasteiger partial charge in [-0.05, 0) is 33.6 Å². The van der Waals surface area contributed by atoms with Crippen LogP contribution in [0.5, 0.6) is 5.75 Å². The van der Waals surface area contributed by atoms with Gasteiger partial charge < -0.3 is 19.5 Å². The Balaban J connectivity index is 1.85. The quantitative estimate of drug-likeness (QED) is 0.772. The second kappa shape index (κ2) is 8.62. The molecule has 5 heteroatoms. The van der Waals surface area contributed by atoms with Gasteiger partial charge in [0.1, 0.15) is 11.9 Å². The number of hydrogen-bond donors (Lipinski definition) is 1. The van der Waals surface area contributed by atoms with Gasteiger partial charge >= 0.3 is 0 Å². The van der Waals surface area contributed by atoms with Crippen LogP contribution in [-0.2, 0) is 16.0 Å². The van der Waals surface area contributed by atoms with Gasteiger partial charge in [0.25, 0.3) is 0 Å². The van der Waals surface area contributed by atoms with E-state index in [1.807, 2.05) is 6.07 Å². The van der Waals surface area contributed by atoms with E-state index in [1.54, 1.807) is 7.11 Å². The number of hydrogen-bond acceptors (Lipinski definition) is 4. The lowest BCUT2D eigenvalue weighted by atomic mass is 10.1. The van der Waals surface area contributed by atoms with Crippen molar-refractivity contribution in [2.75, 3.05) is 33.5 Å². The molecule has 0 saturated carbocycles. The summed E-state index contributed by atoms with van der Waals surface area (Å²) >= 11 is 3.59. The molecular weight excluding hydrogens is 322 g/mol. The molecule has 0 radical (unpaired) electrons. The average Bonchev–Trinajstić information content (AvgIpc) is 2.47. The molecule has 1 aliphatic heterocycles. The topological polar surface area (TPSA) is 39.7 Å². The molecule has 0 atom stereocenters. The van der Waals surface area contributed by atoms with Crippen molar-refractivity contribution in [3.05, 3.63) is 28.2 Å². The van der Waals surface area contributed by atoms with E-state index in [4.69, 9.17) is 14.2 Å². The SMILES string of the molecule is COCCNCc1ccc(OC2CCOCC2)c(Br)c1. The Bertz CT molecular complexity index is 408. The summed E-state index contributed by atoms with van der Waals surface area (Å²) in [5, 5.41) is 3.33. The van der Waals surface area contributed by atoms with Gasteiger partial charge in [0.15, 0.2) is 0 Å². The molecule has 0 spiro atoms. The molecule has 1 heterocycles. The molecule has 0 aliphatic carbocycles. The lowest BCUT2D eigenvalue weighted by Gasteiger charge is -2.24. The zero-order valence-corrected chi connectivity index (χ0v) is 13.4. The van der Waals surface area contributed by atoms with Gasteiger partial charge in [-0.25, -0.2) is 0 Å². The molecule has 1 aromatic rings. The molecule has 1 aromatic carbocycles. The van der Waals surface area contributed by atoms with Crippen molar-refractivity contribution in [2.24, 2.45) is 0 Å². The Morgan fingerprint density at radius 1 is 1.35 bits per heavy atom. The van der Waals surface area contributed by atoms with E-state index in [0.29, 0.717) is 0 Å². The van der Waals surface area contributed by atoms with Crippen LogP contribution in [0.25, 0.3) is 0 Å². The van der Waals surface area contributed by atoms with Crippen LogP contribution >= 0.6 is 15.9 Å². The van der Waals surface area contributed by atoms with Gasteiger partial charge in [-0.1, -0.05) is 6.07 Å². The van der Waals surface area contributed by atoms with Gasteiger partial charge in [-0.3, -0.25) is 0 Å². The number of nitrogens with one attached hydrogen (secondary N) is 1. The highest BCUT2D eigenvalue weighted by Crippen LogP contribution is 2.28. The number of rotatable bonds is 7. The number of ether oxygens (including phenoxy) is 3. The van der Waals surface area contributed by atoms with Crippen LogP contribution < -0.4 is 10.1 Å². The lowest BCUT2D eigenvalue weighted by molar-refractivity contribution is 0.0252. The molecule has 4 nitrogen and oxygen atoms in total. The minimum atomic E-state index is 0.269. The summed E-state index contributed by atoms with van der Waals surface area (Å²) in [7, 11) is 1.71. The minimum absolute atomic E-state index is 0.269. The first-order valence-corrected chi connectivity index (χ1v) is 7.81. The van der Waals surface area contributed by atoms with Crippen LogP contribution in [0.15, 0.2) is 22.7 Å². The second-order valence-corrected chi connectivity index (χ2v) is 5.72. The van der Waals surface area contributed by atoms with Crippen LogP contribution in [0, 0.1) is 0 Å². The molecule has 1 saturated heterocycles. The van der Waals surface area contributed by atoms with Crippen LogP contribution in [0.4, 0.5) is 0 Å². The van der Waals surface area contributed by atoms with Crippen molar-refractivity contribution in [2.45, 2.75) is 25.5 Å². The van der Waals surface area contributed by atoms with E-state index in [1.165, 1.54) is 5.56 Å². The highest BCUT2D eigenvalue weighted by Gasteiger charge is 2.16. The van der Waals surface area contributed by atoms with E-state index >= 15 is 0 Å². The molecular formula is C15H22BrNO3. The van der Waals surface area contributed by atoms with E-state index in [2.05, 4.69) is 33.4 Å². The first-order valence-electron chi connectivity index (χ1n) is 7.02. The summed E-state index contributed by atoms with van der Waals surface area (Å²) < 4.78 is 17.4. The normalized spacial score (nSPS) is 16.3. The molecule has 0 aromatic heterocycles. The fourth-order valence-corrected chi connectivity index (χ4v) is 2.65. The highest BCUT2D eigenvalue weighted by atomic mass is 79.9. The standard InChI is InChI=1S/C15H22BrNO3/c1-18-9-6-17-11-12-2-3-15(14(16)10-12)20-13-4-7-19-8-5-13/h2-3,10,13,17H,4-9,11H2,1H3. The third-order valence-corrected chi connectivity index (χ3v) is 3.89. The predicted octanol–water partition coefficient (Wildman–Crippen LogP) is 2.74. The van der Waals surface area contributed by atoms with Gasteiger partial charge in [0, 0.05) is 33.0 Å². The Morgan fingerprint density at radius 2 is 2.15 bits per heavy atom. The largest absolute Gasteiger partial charge is 0.489 e. The zero-order valence-electron chi connectivity index (χ0n) is 11.9. The summed E-state index contributed by atoms with van der Waals surface area (Å²) in [5.74, 6) is 0.914. The third-order valence-electron chi connectivity index (χ3n) is 3.27.